The van der Waals surface area contributed by atoms with Gasteiger partial charge in [-0.1, -0.05) is 32.6 Å². The van der Waals surface area contributed by atoms with Crippen molar-refractivity contribution in [2.24, 2.45) is 0 Å². The molecule has 1 aromatic carbocycles. The molecule has 0 radical (unpaired) electrons. The molecule has 2 heteroatoms. The lowest BCUT2D eigenvalue weighted by Crippen LogP contribution is -1.96. The third-order valence-corrected chi connectivity index (χ3v) is 1.46. The van der Waals surface area contributed by atoms with Crippen molar-refractivity contribution in [1.29, 1.82) is 0 Å². The highest BCUT2D eigenvalue weighted by Gasteiger charge is 1.98. The zero-order chi connectivity index (χ0) is 11.0. The van der Waals surface area contributed by atoms with E-state index < -0.39 is 0 Å². The zero-order valence-corrected chi connectivity index (χ0v) is 9.42. The van der Waals surface area contributed by atoms with Crippen LogP contribution >= 0.6 is 0 Å². The molecule has 0 aliphatic rings. The van der Waals surface area contributed by atoms with Crippen LogP contribution in [0.25, 0.3) is 0 Å². The van der Waals surface area contributed by atoms with Crippen LogP contribution in [0.4, 0.5) is 5.69 Å². The van der Waals surface area contributed by atoms with Crippen molar-refractivity contribution in [3.63, 3.8) is 0 Å². The van der Waals surface area contributed by atoms with Crippen LogP contribution in [0.5, 0.6) is 5.75 Å². The van der Waals surface area contributed by atoms with Gasteiger partial charge in [-0.3, -0.25) is 0 Å². The summed E-state index contributed by atoms with van der Waals surface area (Å²) in [6, 6.07) is 7.75. The van der Waals surface area contributed by atoms with Crippen LogP contribution in [-0.4, -0.2) is 7.11 Å². The van der Waals surface area contributed by atoms with Gasteiger partial charge in [-0.05, 0) is 19.1 Å². The molecule has 78 valence electrons. The molecular weight excluding hydrogens is 174 g/mol. The van der Waals surface area contributed by atoms with E-state index in [9.17, 15) is 0 Å². The van der Waals surface area contributed by atoms with Crippen LogP contribution in [0.3, 0.4) is 0 Å². The Labute approximate surface area is 86.6 Å². The maximum absolute atomic E-state index is 5.14. The second-order valence-corrected chi connectivity index (χ2v) is 2.61. The van der Waals surface area contributed by atoms with Gasteiger partial charge >= 0.3 is 0 Å². The fourth-order valence-corrected chi connectivity index (χ4v) is 0.978. The lowest BCUT2D eigenvalue weighted by Gasteiger charge is -2.09. The normalized spacial score (nSPS) is 8.29. The standard InChI is InChI=1S/C10H13NO.C2H6/c1-8(2)11-9-6-4-5-7-10(9)12-3;1-2/h4-7,11H,1H2,2-3H3;1-2H3. The Balaban J connectivity index is 0.000000791. The van der Waals surface area contributed by atoms with Crippen LogP contribution in [0.1, 0.15) is 20.8 Å². The molecular formula is C12H19NO. The number of allylic oxidation sites excluding steroid dienone is 1. The molecule has 1 N–H and O–H groups in total. The number of benzene rings is 1. The van der Waals surface area contributed by atoms with E-state index in [4.69, 9.17) is 4.74 Å². The Morgan fingerprint density at radius 3 is 2.36 bits per heavy atom. The molecule has 0 saturated heterocycles. The van der Waals surface area contributed by atoms with Crippen molar-refractivity contribution in [2.75, 3.05) is 12.4 Å². The lowest BCUT2D eigenvalue weighted by molar-refractivity contribution is 0.416. The van der Waals surface area contributed by atoms with Crippen molar-refractivity contribution in [1.82, 2.24) is 0 Å². The third-order valence-electron chi connectivity index (χ3n) is 1.46. The topological polar surface area (TPSA) is 21.3 Å². The molecule has 1 aromatic rings. The van der Waals surface area contributed by atoms with E-state index in [1.165, 1.54) is 0 Å². The summed E-state index contributed by atoms with van der Waals surface area (Å²) in [6.07, 6.45) is 0. The van der Waals surface area contributed by atoms with E-state index in [0.717, 1.165) is 17.1 Å². The second-order valence-electron chi connectivity index (χ2n) is 2.61. The zero-order valence-electron chi connectivity index (χ0n) is 9.42. The molecule has 0 amide bonds. The molecule has 0 aromatic heterocycles. The van der Waals surface area contributed by atoms with Gasteiger partial charge in [0.05, 0.1) is 12.8 Å². The second kappa shape index (κ2) is 7.01. The van der Waals surface area contributed by atoms with Crippen LogP contribution in [0.2, 0.25) is 0 Å². The first-order chi connectivity index (χ1) is 6.74. The van der Waals surface area contributed by atoms with Crippen molar-refractivity contribution < 1.29 is 4.74 Å². The van der Waals surface area contributed by atoms with Gasteiger partial charge in [-0.15, -0.1) is 0 Å². The van der Waals surface area contributed by atoms with Crippen molar-refractivity contribution >= 4 is 5.69 Å². The third kappa shape index (κ3) is 3.99. The highest BCUT2D eigenvalue weighted by molar-refractivity contribution is 5.58. The highest BCUT2D eigenvalue weighted by atomic mass is 16.5. The summed E-state index contributed by atoms with van der Waals surface area (Å²) >= 11 is 0. The molecule has 2 nitrogen and oxygen atoms in total. The summed E-state index contributed by atoms with van der Waals surface area (Å²) in [5.74, 6) is 0.834. The van der Waals surface area contributed by atoms with Crippen LogP contribution in [0.15, 0.2) is 36.5 Å². The summed E-state index contributed by atoms with van der Waals surface area (Å²) in [6.45, 7) is 9.67. The first-order valence-electron chi connectivity index (χ1n) is 4.79. The van der Waals surface area contributed by atoms with Crippen molar-refractivity contribution in [3.05, 3.63) is 36.5 Å². The minimum atomic E-state index is 0.834. The maximum Gasteiger partial charge on any atom is 0.142 e. The molecule has 0 bridgehead atoms. The van der Waals surface area contributed by atoms with Gasteiger partial charge in [-0.2, -0.15) is 0 Å². The lowest BCUT2D eigenvalue weighted by atomic mass is 10.3. The molecule has 0 heterocycles. The Hall–Kier alpha value is -1.44. The molecule has 0 fully saturated rings. The van der Waals surface area contributed by atoms with E-state index in [0.29, 0.717) is 0 Å². The average Bonchev–Trinajstić information content (AvgIpc) is 2.21. The first-order valence-corrected chi connectivity index (χ1v) is 4.79. The van der Waals surface area contributed by atoms with Gasteiger partial charge in [0.25, 0.3) is 0 Å². The number of methoxy groups -OCH3 is 1. The van der Waals surface area contributed by atoms with Gasteiger partial charge in [0.15, 0.2) is 0 Å². The number of rotatable bonds is 3. The molecule has 0 unspecified atom stereocenters. The fourth-order valence-electron chi connectivity index (χ4n) is 0.978. The van der Waals surface area contributed by atoms with Gasteiger partial charge < -0.3 is 10.1 Å². The molecule has 0 atom stereocenters. The van der Waals surface area contributed by atoms with Gasteiger partial charge in [-0.25, -0.2) is 0 Å². The van der Waals surface area contributed by atoms with Crippen LogP contribution < -0.4 is 10.1 Å². The molecule has 0 spiro atoms. The monoisotopic (exact) mass is 193 g/mol. The first kappa shape index (κ1) is 12.6. The number of ether oxygens (including phenoxy) is 1. The van der Waals surface area contributed by atoms with Crippen molar-refractivity contribution in [3.8, 4) is 5.75 Å². The molecule has 0 aliphatic carbocycles. The summed E-state index contributed by atoms with van der Waals surface area (Å²) in [5, 5.41) is 3.10. The van der Waals surface area contributed by atoms with E-state index in [-0.39, 0.29) is 0 Å². The van der Waals surface area contributed by atoms with Crippen LogP contribution in [0, 0.1) is 0 Å². The summed E-state index contributed by atoms with van der Waals surface area (Å²) in [5.41, 5.74) is 1.85. The molecule has 0 aliphatic heterocycles. The molecule has 1 rings (SSSR count). The van der Waals surface area contributed by atoms with E-state index in [1.54, 1.807) is 7.11 Å². The predicted molar refractivity (Wildman–Crippen MR) is 62.8 cm³/mol. The van der Waals surface area contributed by atoms with E-state index in [2.05, 4.69) is 11.9 Å². The number of para-hydroxylation sites is 2. The number of hydrogen-bond acceptors (Lipinski definition) is 2. The van der Waals surface area contributed by atoms with Gasteiger partial charge in [0.2, 0.25) is 0 Å². The number of anilines is 1. The van der Waals surface area contributed by atoms with Gasteiger partial charge in [0, 0.05) is 5.70 Å². The van der Waals surface area contributed by atoms with Crippen molar-refractivity contribution in [2.45, 2.75) is 20.8 Å². The minimum absolute atomic E-state index is 0.834. The molecule has 14 heavy (non-hydrogen) atoms. The quantitative estimate of drug-likeness (QED) is 0.790. The summed E-state index contributed by atoms with van der Waals surface area (Å²) in [4.78, 5) is 0. The minimum Gasteiger partial charge on any atom is -0.495 e. The summed E-state index contributed by atoms with van der Waals surface area (Å²) < 4.78 is 5.14. The smallest absolute Gasteiger partial charge is 0.142 e. The predicted octanol–water partition coefficient (Wildman–Crippen LogP) is 3.67. The Kier molecular flexibility index (Phi) is 6.29. The molecule has 0 saturated carbocycles. The average molecular weight is 193 g/mol. The van der Waals surface area contributed by atoms with E-state index >= 15 is 0 Å². The largest absolute Gasteiger partial charge is 0.495 e. The Morgan fingerprint density at radius 2 is 1.86 bits per heavy atom. The van der Waals surface area contributed by atoms with Gasteiger partial charge in [0.1, 0.15) is 5.75 Å². The maximum atomic E-state index is 5.14. The Bertz CT molecular complexity index is 281. The number of nitrogens with one attached hydrogen (secondary N) is 1. The SMILES string of the molecule is C=C(C)Nc1ccccc1OC.CC. The van der Waals surface area contributed by atoms with Crippen LogP contribution in [-0.2, 0) is 0 Å². The summed E-state index contributed by atoms with van der Waals surface area (Å²) in [7, 11) is 1.65. The van der Waals surface area contributed by atoms with E-state index in [1.807, 2.05) is 45.0 Å². The fraction of sp³-hybridized carbons (Fsp3) is 0.333. The Morgan fingerprint density at radius 1 is 1.29 bits per heavy atom. The highest BCUT2D eigenvalue weighted by Crippen LogP contribution is 2.23. The number of hydrogen-bond donors (Lipinski definition) is 1.